The first-order chi connectivity index (χ1) is 15.0. The Kier molecular flexibility index (Phi) is 5.48. The zero-order valence-corrected chi connectivity index (χ0v) is 17.5. The highest BCUT2D eigenvalue weighted by atomic mass is 16.4. The Hall–Kier alpha value is -4.01. The number of nitrogen functional groups attached to an aromatic ring is 1. The third-order valence-corrected chi connectivity index (χ3v) is 5.17. The minimum absolute atomic E-state index is 0.211. The average molecular weight is 416 g/mol. The lowest BCUT2D eigenvalue weighted by Crippen LogP contribution is -2.31. The second-order valence-corrected chi connectivity index (χ2v) is 7.22. The van der Waals surface area contributed by atoms with Crippen LogP contribution in [0.3, 0.4) is 0 Å². The van der Waals surface area contributed by atoms with Gasteiger partial charge in [0.25, 0.3) is 0 Å². The molecule has 1 aliphatic rings. The summed E-state index contributed by atoms with van der Waals surface area (Å²) in [6.07, 6.45) is 5.37. The fourth-order valence-corrected chi connectivity index (χ4v) is 3.62. The number of allylic oxidation sites excluding steroid dienone is 1. The normalized spacial score (nSPS) is 14.1. The topological polar surface area (TPSA) is 143 Å². The molecule has 0 spiro atoms. The van der Waals surface area contributed by atoms with Crippen LogP contribution in [0.5, 0.6) is 0 Å². The first-order valence-corrected chi connectivity index (χ1v) is 9.85. The largest absolute Gasteiger partial charge is 0.446 e. The van der Waals surface area contributed by atoms with E-state index in [0.717, 1.165) is 41.4 Å². The Morgan fingerprint density at radius 1 is 1.29 bits per heavy atom. The van der Waals surface area contributed by atoms with Gasteiger partial charge in [-0.1, -0.05) is 6.07 Å². The number of oxazole rings is 1. The fourth-order valence-electron chi connectivity index (χ4n) is 3.62. The van der Waals surface area contributed by atoms with Gasteiger partial charge in [-0.05, 0) is 17.7 Å². The summed E-state index contributed by atoms with van der Waals surface area (Å²) >= 11 is 0. The third-order valence-electron chi connectivity index (χ3n) is 5.17. The van der Waals surface area contributed by atoms with Gasteiger partial charge in [0.2, 0.25) is 0 Å². The van der Waals surface area contributed by atoms with E-state index in [4.69, 9.17) is 21.3 Å². The van der Waals surface area contributed by atoms with Crippen LogP contribution in [0.15, 0.2) is 46.2 Å². The van der Waals surface area contributed by atoms with Crippen molar-refractivity contribution < 1.29 is 4.42 Å². The molecule has 0 fully saturated rings. The van der Waals surface area contributed by atoms with Crippen LogP contribution in [0.4, 0.5) is 11.5 Å². The molecule has 1 aromatic carbocycles. The predicted molar refractivity (Wildman–Crippen MR) is 121 cm³/mol. The molecule has 2 aromatic heterocycles. The van der Waals surface area contributed by atoms with Gasteiger partial charge < -0.3 is 20.8 Å². The van der Waals surface area contributed by atoms with Crippen molar-refractivity contribution in [3.8, 4) is 0 Å². The molecule has 9 heteroatoms. The van der Waals surface area contributed by atoms with Crippen molar-refractivity contribution >= 4 is 29.0 Å². The van der Waals surface area contributed by atoms with Crippen LogP contribution in [-0.2, 0) is 13.0 Å². The molecule has 9 nitrogen and oxygen atoms in total. The summed E-state index contributed by atoms with van der Waals surface area (Å²) in [7, 11) is 1.68. The molecule has 158 valence electrons. The number of nitrogens with two attached hydrogens (primary N) is 2. The second-order valence-electron chi connectivity index (χ2n) is 7.22. The van der Waals surface area contributed by atoms with Gasteiger partial charge in [0.15, 0.2) is 5.89 Å². The van der Waals surface area contributed by atoms with Crippen LogP contribution in [0.2, 0.25) is 0 Å². The number of aromatic nitrogens is 3. The highest BCUT2D eigenvalue weighted by Gasteiger charge is 2.23. The standard InChI is InChI=1S/C22H24N8O/c1-13-29-19-11-30(6-5-20(19)31-13)21-8-18(27-12-28-21)22(25)16-7-14(3-4-17(16)24)15(9-23)10-26-2/h3-4,7-10,12,25H,5-6,11,23-24H2,1-2H3. The van der Waals surface area contributed by atoms with Crippen molar-refractivity contribution in [2.75, 3.05) is 24.2 Å². The molecule has 5 N–H and O–H groups in total. The number of aryl methyl sites for hydroxylation is 1. The van der Waals surface area contributed by atoms with Crippen LogP contribution in [-0.4, -0.2) is 40.5 Å². The number of rotatable bonds is 5. The summed E-state index contributed by atoms with van der Waals surface area (Å²) in [5.41, 5.74) is 16.1. The molecule has 0 amide bonds. The minimum atomic E-state index is 0.211. The Labute approximate surface area is 180 Å². The highest BCUT2D eigenvalue weighted by molar-refractivity contribution is 6.15. The Morgan fingerprint density at radius 2 is 2.13 bits per heavy atom. The maximum atomic E-state index is 8.74. The van der Waals surface area contributed by atoms with Gasteiger partial charge in [0.05, 0.1) is 18.0 Å². The van der Waals surface area contributed by atoms with Crippen LogP contribution < -0.4 is 16.4 Å². The number of fused-ring (bicyclic) bond motifs is 1. The van der Waals surface area contributed by atoms with Crippen molar-refractivity contribution in [2.45, 2.75) is 19.9 Å². The van der Waals surface area contributed by atoms with Gasteiger partial charge in [-0.25, -0.2) is 15.0 Å². The number of nitrogens with one attached hydrogen (secondary N) is 1. The molecule has 0 unspecified atom stereocenters. The lowest BCUT2D eigenvalue weighted by molar-refractivity contribution is 0.463. The fraction of sp³-hybridized carbons (Fsp3) is 0.227. The van der Waals surface area contributed by atoms with Crippen LogP contribution in [0.1, 0.15) is 34.2 Å². The van der Waals surface area contributed by atoms with E-state index in [0.29, 0.717) is 29.4 Å². The smallest absolute Gasteiger partial charge is 0.191 e. The molecule has 4 rings (SSSR count). The number of anilines is 2. The van der Waals surface area contributed by atoms with E-state index in [1.165, 1.54) is 12.5 Å². The van der Waals surface area contributed by atoms with E-state index in [2.05, 4.69) is 24.8 Å². The minimum Gasteiger partial charge on any atom is -0.446 e. The molecular formula is C22H24N8O. The number of aliphatic imine (C=N–C) groups is 1. The van der Waals surface area contributed by atoms with E-state index < -0.39 is 0 Å². The molecule has 0 bridgehead atoms. The lowest BCUT2D eigenvalue weighted by Gasteiger charge is -2.26. The molecule has 0 radical (unpaired) electrons. The van der Waals surface area contributed by atoms with Crippen molar-refractivity contribution in [3.63, 3.8) is 0 Å². The molecule has 0 aliphatic carbocycles. The molecule has 1 aliphatic heterocycles. The summed E-state index contributed by atoms with van der Waals surface area (Å²) in [5, 5.41) is 8.74. The number of nitrogens with zero attached hydrogens (tertiary/aromatic N) is 5. The van der Waals surface area contributed by atoms with E-state index in [-0.39, 0.29) is 5.71 Å². The first kappa shape index (κ1) is 20.3. The zero-order chi connectivity index (χ0) is 22.0. The molecule has 3 heterocycles. The number of benzene rings is 1. The van der Waals surface area contributed by atoms with Gasteiger partial charge in [-0.2, -0.15) is 0 Å². The zero-order valence-electron chi connectivity index (χ0n) is 17.5. The summed E-state index contributed by atoms with van der Waals surface area (Å²) in [4.78, 5) is 19.3. The molecule has 3 aromatic rings. The maximum Gasteiger partial charge on any atom is 0.191 e. The molecule has 0 atom stereocenters. The summed E-state index contributed by atoms with van der Waals surface area (Å²) < 4.78 is 5.64. The van der Waals surface area contributed by atoms with Crippen LogP contribution in [0.25, 0.3) is 5.57 Å². The van der Waals surface area contributed by atoms with Gasteiger partial charge in [-0.15, -0.1) is 0 Å². The Morgan fingerprint density at radius 3 is 2.90 bits per heavy atom. The van der Waals surface area contributed by atoms with Crippen molar-refractivity contribution in [3.05, 3.63) is 71.0 Å². The van der Waals surface area contributed by atoms with E-state index in [9.17, 15) is 0 Å². The second kappa shape index (κ2) is 8.39. The Balaban J connectivity index is 1.63. The predicted octanol–water partition coefficient (Wildman–Crippen LogP) is 2.33. The molecule has 31 heavy (non-hydrogen) atoms. The van der Waals surface area contributed by atoms with Gasteiger partial charge in [-0.3, -0.25) is 10.4 Å². The SMILES string of the molecule is CN=CC(=CN)c1ccc(N)c(C(=N)c2cc(N3CCc4oc(C)nc4C3)ncn2)c1. The lowest BCUT2D eigenvalue weighted by atomic mass is 9.98. The molecule has 0 saturated heterocycles. The summed E-state index contributed by atoms with van der Waals surface area (Å²) in [6, 6.07) is 7.24. The highest BCUT2D eigenvalue weighted by Crippen LogP contribution is 2.25. The first-order valence-electron chi connectivity index (χ1n) is 9.85. The third kappa shape index (κ3) is 4.02. The monoisotopic (exact) mass is 416 g/mol. The quantitative estimate of drug-likeness (QED) is 0.428. The molecular weight excluding hydrogens is 392 g/mol. The average Bonchev–Trinajstić information content (AvgIpc) is 3.16. The van der Waals surface area contributed by atoms with Gasteiger partial charge in [0, 0.05) is 62.2 Å². The summed E-state index contributed by atoms with van der Waals surface area (Å²) in [6.45, 7) is 3.21. The van der Waals surface area contributed by atoms with Crippen molar-refractivity contribution in [2.24, 2.45) is 10.7 Å². The van der Waals surface area contributed by atoms with E-state index >= 15 is 0 Å². The number of hydrogen-bond acceptors (Lipinski definition) is 9. The Bertz CT molecular complexity index is 1190. The number of hydrogen-bond donors (Lipinski definition) is 3. The van der Waals surface area contributed by atoms with Crippen LogP contribution in [0, 0.1) is 12.3 Å². The summed E-state index contributed by atoms with van der Waals surface area (Å²) in [5.74, 6) is 2.34. The van der Waals surface area contributed by atoms with E-state index in [1.54, 1.807) is 25.4 Å². The van der Waals surface area contributed by atoms with Gasteiger partial charge >= 0.3 is 0 Å². The van der Waals surface area contributed by atoms with Crippen LogP contribution >= 0.6 is 0 Å². The maximum absolute atomic E-state index is 8.74. The van der Waals surface area contributed by atoms with Crippen molar-refractivity contribution in [1.82, 2.24) is 15.0 Å². The van der Waals surface area contributed by atoms with Gasteiger partial charge in [0.1, 0.15) is 23.6 Å². The van der Waals surface area contributed by atoms with E-state index in [1.807, 2.05) is 19.1 Å². The molecule has 0 saturated carbocycles. The van der Waals surface area contributed by atoms with Crippen molar-refractivity contribution in [1.29, 1.82) is 5.41 Å².